The number of hydrogen-bond donors (Lipinski definition) is 3. The Balaban J connectivity index is 2.10. The third-order valence-corrected chi connectivity index (χ3v) is 3.98. The van der Waals surface area contributed by atoms with Gasteiger partial charge in [0, 0.05) is 17.5 Å². The van der Waals surface area contributed by atoms with Crippen LogP contribution in [0.25, 0.3) is 0 Å². The fraction of sp³-hybridized carbons (Fsp3) is 0.333. The first-order valence-electron chi connectivity index (χ1n) is 6.96. The van der Waals surface area contributed by atoms with Crippen LogP contribution in [0.3, 0.4) is 0 Å². The van der Waals surface area contributed by atoms with Crippen molar-refractivity contribution in [2.24, 2.45) is 0 Å². The summed E-state index contributed by atoms with van der Waals surface area (Å²) in [6, 6.07) is 7.94. The van der Waals surface area contributed by atoms with Crippen LogP contribution in [0.1, 0.15) is 24.5 Å². The SMILES string of the molecule is CCCNCc1ccc(Sc2nc(N)cc(N)n2)c(C)c1. The summed E-state index contributed by atoms with van der Waals surface area (Å²) in [5, 5.41) is 3.97. The van der Waals surface area contributed by atoms with E-state index in [1.54, 1.807) is 6.07 Å². The first kappa shape index (κ1) is 15.6. The number of aryl methyl sites for hydroxylation is 1. The zero-order valence-electron chi connectivity index (χ0n) is 12.4. The molecule has 2 rings (SSSR count). The number of anilines is 2. The fourth-order valence-corrected chi connectivity index (χ4v) is 2.81. The third kappa shape index (κ3) is 4.61. The summed E-state index contributed by atoms with van der Waals surface area (Å²) in [7, 11) is 0. The summed E-state index contributed by atoms with van der Waals surface area (Å²) >= 11 is 1.48. The van der Waals surface area contributed by atoms with Gasteiger partial charge in [-0.3, -0.25) is 0 Å². The van der Waals surface area contributed by atoms with E-state index in [2.05, 4.69) is 47.3 Å². The summed E-state index contributed by atoms with van der Waals surface area (Å²) in [6.07, 6.45) is 1.14. The number of hydrogen-bond acceptors (Lipinski definition) is 6. The Hall–Kier alpha value is -1.79. The van der Waals surface area contributed by atoms with Gasteiger partial charge in [0.25, 0.3) is 0 Å². The van der Waals surface area contributed by atoms with Gasteiger partial charge in [-0.25, -0.2) is 9.97 Å². The van der Waals surface area contributed by atoms with Crippen LogP contribution in [-0.4, -0.2) is 16.5 Å². The van der Waals surface area contributed by atoms with Crippen LogP contribution in [0.5, 0.6) is 0 Å². The summed E-state index contributed by atoms with van der Waals surface area (Å²) in [4.78, 5) is 9.49. The van der Waals surface area contributed by atoms with Crippen LogP contribution < -0.4 is 16.8 Å². The molecule has 5 N–H and O–H groups in total. The van der Waals surface area contributed by atoms with Crippen molar-refractivity contribution in [1.29, 1.82) is 0 Å². The van der Waals surface area contributed by atoms with Crippen molar-refractivity contribution < 1.29 is 0 Å². The van der Waals surface area contributed by atoms with E-state index < -0.39 is 0 Å². The number of nitrogen functional groups attached to an aromatic ring is 2. The van der Waals surface area contributed by atoms with E-state index in [-0.39, 0.29) is 0 Å². The number of benzene rings is 1. The highest BCUT2D eigenvalue weighted by molar-refractivity contribution is 7.99. The lowest BCUT2D eigenvalue weighted by Gasteiger charge is -2.09. The Morgan fingerprint density at radius 3 is 2.48 bits per heavy atom. The Morgan fingerprint density at radius 2 is 1.86 bits per heavy atom. The molecular formula is C15H21N5S. The van der Waals surface area contributed by atoms with Gasteiger partial charge in [-0.2, -0.15) is 0 Å². The summed E-state index contributed by atoms with van der Waals surface area (Å²) in [5.41, 5.74) is 13.9. The maximum Gasteiger partial charge on any atom is 0.196 e. The van der Waals surface area contributed by atoms with Crippen LogP contribution in [0.4, 0.5) is 11.6 Å². The minimum Gasteiger partial charge on any atom is -0.383 e. The van der Waals surface area contributed by atoms with Gasteiger partial charge in [0.05, 0.1) is 0 Å². The molecule has 0 amide bonds. The zero-order valence-corrected chi connectivity index (χ0v) is 13.2. The number of nitrogens with one attached hydrogen (secondary N) is 1. The molecule has 5 nitrogen and oxygen atoms in total. The second kappa shape index (κ2) is 7.28. The molecule has 112 valence electrons. The maximum atomic E-state index is 5.69. The van der Waals surface area contributed by atoms with Crippen molar-refractivity contribution in [2.45, 2.75) is 36.9 Å². The van der Waals surface area contributed by atoms with Crippen LogP contribution >= 0.6 is 11.8 Å². The second-order valence-electron chi connectivity index (χ2n) is 4.88. The largest absolute Gasteiger partial charge is 0.383 e. The maximum absolute atomic E-state index is 5.69. The smallest absolute Gasteiger partial charge is 0.196 e. The molecule has 0 fully saturated rings. The van der Waals surface area contributed by atoms with Gasteiger partial charge < -0.3 is 16.8 Å². The van der Waals surface area contributed by atoms with Crippen LogP contribution in [0.15, 0.2) is 34.3 Å². The predicted octanol–water partition coefficient (Wildman–Crippen LogP) is 2.60. The van der Waals surface area contributed by atoms with Crippen LogP contribution in [0, 0.1) is 6.92 Å². The molecule has 0 spiro atoms. The predicted molar refractivity (Wildman–Crippen MR) is 88.2 cm³/mol. The average molecular weight is 303 g/mol. The number of nitrogens with zero attached hydrogens (tertiary/aromatic N) is 2. The van der Waals surface area contributed by atoms with E-state index in [9.17, 15) is 0 Å². The Morgan fingerprint density at radius 1 is 1.14 bits per heavy atom. The normalized spacial score (nSPS) is 10.8. The molecule has 0 aliphatic carbocycles. The van der Waals surface area contributed by atoms with Crippen molar-refractivity contribution in [3.05, 3.63) is 35.4 Å². The van der Waals surface area contributed by atoms with Crippen molar-refractivity contribution in [2.75, 3.05) is 18.0 Å². The van der Waals surface area contributed by atoms with Crippen molar-refractivity contribution >= 4 is 23.4 Å². The molecule has 0 unspecified atom stereocenters. The molecule has 1 heterocycles. The zero-order chi connectivity index (χ0) is 15.2. The van der Waals surface area contributed by atoms with Crippen molar-refractivity contribution in [1.82, 2.24) is 15.3 Å². The third-order valence-electron chi connectivity index (χ3n) is 2.94. The Bertz CT molecular complexity index is 595. The molecule has 21 heavy (non-hydrogen) atoms. The van der Waals surface area contributed by atoms with Gasteiger partial charge in [-0.05, 0) is 48.8 Å². The van der Waals surface area contributed by atoms with Gasteiger partial charge in [-0.15, -0.1) is 0 Å². The Kier molecular flexibility index (Phi) is 5.41. The fourth-order valence-electron chi connectivity index (χ4n) is 1.95. The van der Waals surface area contributed by atoms with E-state index >= 15 is 0 Å². The van der Waals surface area contributed by atoms with Crippen LogP contribution in [-0.2, 0) is 6.54 Å². The first-order valence-corrected chi connectivity index (χ1v) is 7.78. The van der Waals surface area contributed by atoms with Gasteiger partial charge in [0.2, 0.25) is 0 Å². The van der Waals surface area contributed by atoms with Gasteiger partial charge in [0.15, 0.2) is 5.16 Å². The highest BCUT2D eigenvalue weighted by Crippen LogP contribution is 2.29. The minimum atomic E-state index is 0.392. The van der Waals surface area contributed by atoms with E-state index in [1.165, 1.54) is 22.9 Å². The highest BCUT2D eigenvalue weighted by atomic mass is 32.2. The van der Waals surface area contributed by atoms with Gasteiger partial charge in [0.1, 0.15) is 11.6 Å². The van der Waals surface area contributed by atoms with E-state index in [0.29, 0.717) is 16.8 Å². The molecule has 0 aliphatic rings. The quantitative estimate of drug-likeness (QED) is 0.561. The van der Waals surface area contributed by atoms with E-state index in [1.807, 2.05) is 0 Å². The van der Waals surface area contributed by atoms with E-state index in [4.69, 9.17) is 11.5 Å². The minimum absolute atomic E-state index is 0.392. The standard InChI is InChI=1S/C15H21N5S/c1-3-6-18-9-11-4-5-12(10(2)7-11)21-15-19-13(16)8-14(17)20-15/h4-5,7-8,18H,3,6,9H2,1-2H3,(H4,16,17,19,20). The topological polar surface area (TPSA) is 89.8 Å². The van der Waals surface area contributed by atoms with Gasteiger partial charge >= 0.3 is 0 Å². The number of aromatic nitrogens is 2. The summed E-state index contributed by atoms with van der Waals surface area (Å²) < 4.78 is 0. The molecule has 0 bridgehead atoms. The lowest BCUT2D eigenvalue weighted by Crippen LogP contribution is -2.13. The molecule has 0 aliphatic heterocycles. The molecule has 2 aromatic rings. The van der Waals surface area contributed by atoms with Crippen molar-refractivity contribution in [3.8, 4) is 0 Å². The van der Waals surface area contributed by atoms with Crippen molar-refractivity contribution in [3.63, 3.8) is 0 Å². The summed E-state index contributed by atoms with van der Waals surface area (Å²) in [5.74, 6) is 0.783. The van der Waals surface area contributed by atoms with E-state index in [0.717, 1.165) is 24.4 Å². The molecule has 0 saturated carbocycles. The number of nitrogens with two attached hydrogens (primary N) is 2. The average Bonchev–Trinajstić information content (AvgIpc) is 2.41. The second-order valence-corrected chi connectivity index (χ2v) is 5.89. The lowest BCUT2D eigenvalue weighted by molar-refractivity contribution is 0.675. The molecule has 0 radical (unpaired) electrons. The molecule has 1 aromatic heterocycles. The lowest BCUT2D eigenvalue weighted by atomic mass is 10.1. The highest BCUT2D eigenvalue weighted by Gasteiger charge is 2.06. The molecule has 6 heteroatoms. The molecule has 0 saturated heterocycles. The van der Waals surface area contributed by atoms with Crippen LogP contribution in [0.2, 0.25) is 0 Å². The molecule has 0 atom stereocenters. The summed E-state index contributed by atoms with van der Waals surface area (Å²) in [6.45, 7) is 6.17. The molecular weight excluding hydrogens is 282 g/mol. The number of rotatable bonds is 6. The molecule has 1 aromatic carbocycles. The first-order chi connectivity index (χ1) is 10.1. The van der Waals surface area contributed by atoms with Gasteiger partial charge in [-0.1, -0.05) is 19.1 Å². The monoisotopic (exact) mass is 303 g/mol. The Labute approximate surface area is 129 Å².